The van der Waals surface area contributed by atoms with E-state index >= 15 is 0 Å². The monoisotopic (exact) mass is 441 g/mol. The Morgan fingerprint density at radius 3 is 2.18 bits per heavy atom. The van der Waals surface area contributed by atoms with Crippen LogP contribution < -0.4 is 4.90 Å². The van der Waals surface area contributed by atoms with Gasteiger partial charge in [-0.05, 0) is 18.4 Å². The van der Waals surface area contributed by atoms with Crippen LogP contribution in [0.25, 0.3) is 11.3 Å². The largest absolute Gasteiger partial charge is 0.356 e. The van der Waals surface area contributed by atoms with E-state index in [1.54, 1.807) is 6.33 Å². The zero-order chi connectivity index (χ0) is 22.5. The van der Waals surface area contributed by atoms with Gasteiger partial charge in [0.15, 0.2) is 0 Å². The van der Waals surface area contributed by atoms with Gasteiger partial charge < -0.3 is 9.80 Å². The highest BCUT2D eigenvalue weighted by Gasteiger charge is 2.30. The second kappa shape index (κ2) is 10.1. The molecule has 2 aliphatic rings. The minimum atomic E-state index is 0.123. The summed E-state index contributed by atoms with van der Waals surface area (Å²) in [6, 6.07) is 22.8. The predicted octanol–water partition coefficient (Wildman–Crippen LogP) is 3.70. The average Bonchev–Trinajstić information content (AvgIpc) is 2.90. The average molecular weight is 442 g/mol. The Morgan fingerprint density at radius 2 is 1.48 bits per heavy atom. The fourth-order valence-corrected chi connectivity index (χ4v) is 4.87. The third-order valence-corrected chi connectivity index (χ3v) is 6.82. The smallest absolute Gasteiger partial charge is 0.225 e. The number of nitrogens with zero attached hydrogens (tertiary/aromatic N) is 5. The van der Waals surface area contributed by atoms with Crippen LogP contribution in [0.4, 0.5) is 5.82 Å². The number of benzene rings is 2. The molecule has 2 aromatic carbocycles. The minimum Gasteiger partial charge on any atom is -0.356 e. The van der Waals surface area contributed by atoms with Gasteiger partial charge in [-0.3, -0.25) is 9.69 Å². The molecule has 6 heteroatoms. The van der Waals surface area contributed by atoms with E-state index < -0.39 is 0 Å². The Morgan fingerprint density at radius 1 is 0.818 bits per heavy atom. The first-order valence-corrected chi connectivity index (χ1v) is 11.9. The van der Waals surface area contributed by atoms with E-state index in [2.05, 4.69) is 73.2 Å². The van der Waals surface area contributed by atoms with E-state index in [1.165, 1.54) is 5.56 Å². The Labute approximate surface area is 195 Å². The summed E-state index contributed by atoms with van der Waals surface area (Å²) in [6.07, 6.45) is 3.41. The van der Waals surface area contributed by atoms with Gasteiger partial charge in [0.25, 0.3) is 0 Å². The summed E-state index contributed by atoms with van der Waals surface area (Å²) in [7, 11) is 0. The fraction of sp³-hybridized carbons (Fsp3) is 0.370. The van der Waals surface area contributed by atoms with Crippen LogP contribution in [0.1, 0.15) is 18.4 Å². The van der Waals surface area contributed by atoms with Crippen LogP contribution in [0.3, 0.4) is 0 Å². The van der Waals surface area contributed by atoms with E-state index in [9.17, 15) is 4.79 Å². The number of hydrogen-bond donors (Lipinski definition) is 0. The zero-order valence-electron chi connectivity index (χ0n) is 19.0. The number of piperazine rings is 1. The molecule has 6 nitrogen and oxygen atoms in total. The molecule has 0 aliphatic carbocycles. The van der Waals surface area contributed by atoms with Gasteiger partial charge in [-0.1, -0.05) is 60.7 Å². The third-order valence-electron chi connectivity index (χ3n) is 6.82. The van der Waals surface area contributed by atoms with Crippen LogP contribution in [0.5, 0.6) is 0 Å². The van der Waals surface area contributed by atoms with E-state index in [0.717, 1.165) is 75.7 Å². The highest BCUT2D eigenvalue weighted by atomic mass is 16.2. The maximum Gasteiger partial charge on any atom is 0.225 e. The highest BCUT2D eigenvalue weighted by molar-refractivity contribution is 5.79. The number of carbonyl (C=O) groups is 1. The molecule has 0 unspecified atom stereocenters. The van der Waals surface area contributed by atoms with E-state index in [-0.39, 0.29) is 5.92 Å². The summed E-state index contributed by atoms with van der Waals surface area (Å²) < 4.78 is 0. The SMILES string of the molecule is O=C(C1CCN(c2cc(-c3ccccc3)ncn2)CC1)N1CCN(Cc2ccccc2)CC1. The molecule has 2 saturated heterocycles. The highest BCUT2D eigenvalue weighted by Crippen LogP contribution is 2.26. The Balaban J connectivity index is 1.12. The lowest BCUT2D eigenvalue weighted by molar-refractivity contribution is -0.138. The summed E-state index contributed by atoms with van der Waals surface area (Å²) in [5, 5.41) is 0. The van der Waals surface area contributed by atoms with Crippen LogP contribution in [0.15, 0.2) is 73.1 Å². The molecule has 2 aliphatic heterocycles. The molecule has 5 rings (SSSR count). The van der Waals surface area contributed by atoms with E-state index in [4.69, 9.17) is 0 Å². The third kappa shape index (κ3) is 5.22. The van der Waals surface area contributed by atoms with Crippen molar-refractivity contribution in [2.45, 2.75) is 19.4 Å². The van der Waals surface area contributed by atoms with Crippen LogP contribution in [-0.4, -0.2) is 64.9 Å². The van der Waals surface area contributed by atoms with Crippen molar-refractivity contribution >= 4 is 11.7 Å². The lowest BCUT2D eigenvalue weighted by atomic mass is 9.95. The summed E-state index contributed by atoms with van der Waals surface area (Å²) in [4.78, 5) is 28.9. The van der Waals surface area contributed by atoms with Gasteiger partial charge in [0, 0.05) is 63.4 Å². The predicted molar refractivity (Wildman–Crippen MR) is 131 cm³/mol. The quantitative estimate of drug-likeness (QED) is 0.604. The second-order valence-corrected chi connectivity index (χ2v) is 8.98. The lowest BCUT2D eigenvalue weighted by Crippen LogP contribution is -2.51. The maximum absolute atomic E-state index is 13.2. The Kier molecular flexibility index (Phi) is 6.63. The van der Waals surface area contributed by atoms with Crippen molar-refractivity contribution in [1.82, 2.24) is 19.8 Å². The minimum absolute atomic E-state index is 0.123. The Hall–Kier alpha value is -3.25. The molecule has 1 aromatic heterocycles. The summed E-state index contributed by atoms with van der Waals surface area (Å²) in [6.45, 7) is 6.23. The number of carbonyl (C=O) groups excluding carboxylic acids is 1. The normalized spacial score (nSPS) is 17.8. The number of amides is 1. The second-order valence-electron chi connectivity index (χ2n) is 8.98. The van der Waals surface area contributed by atoms with Crippen molar-refractivity contribution in [2.24, 2.45) is 5.92 Å². The number of piperidine rings is 1. The number of hydrogen-bond acceptors (Lipinski definition) is 5. The fourth-order valence-electron chi connectivity index (χ4n) is 4.87. The zero-order valence-corrected chi connectivity index (χ0v) is 19.0. The molecular formula is C27H31N5O. The van der Waals surface area contributed by atoms with Gasteiger partial charge in [-0.2, -0.15) is 0 Å². The summed E-state index contributed by atoms with van der Waals surface area (Å²) >= 11 is 0. The van der Waals surface area contributed by atoms with Gasteiger partial charge in [0.05, 0.1) is 5.69 Å². The molecule has 0 bridgehead atoms. The van der Waals surface area contributed by atoms with Crippen molar-refractivity contribution in [3.63, 3.8) is 0 Å². The topological polar surface area (TPSA) is 52.6 Å². The van der Waals surface area contributed by atoms with Crippen molar-refractivity contribution in [2.75, 3.05) is 44.2 Å². The van der Waals surface area contributed by atoms with E-state index in [1.807, 2.05) is 18.2 Å². The molecule has 3 aromatic rings. The summed E-state index contributed by atoms with van der Waals surface area (Å²) in [5.74, 6) is 1.41. The molecule has 3 heterocycles. The molecule has 0 saturated carbocycles. The van der Waals surface area contributed by atoms with Crippen molar-refractivity contribution in [1.29, 1.82) is 0 Å². The van der Waals surface area contributed by atoms with Gasteiger partial charge in [-0.25, -0.2) is 9.97 Å². The van der Waals surface area contributed by atoms with Gasteiger partial charge in [0.2, 0.25) is 5.91 Å². The van der Waals surface area contributed by atoms with Gasteiger partial charge in [-0.15, -0.1) is 0 Å². The van der Waals surface area contributed by atoms with E-state index in [0.29, 0.717) is 5.91 Å². The number of anilines is 1. The maximum atomic E-state index is 13.2. The van der Waals surface area contributed by atoms with Crippen LogP contribution >= 0.6 is 0 Å². The van der Waals surface area contributed by atoms with Crippen molar-refractivity contribution in [3.05, 3.63) is 78.6 Å². The first-order valence-electron chi connectivity index (χ1n) is 11.9. The molecular weight excluding hydrogens is 410 g/mol. The lowest BCUT2D eigenvalue weighted by Gasteiger charge is -2.38. The molecule has 0 spiro atoms. The number of rotatable bonds is 5. The van der Waals surface area contributed by atoms with Gasteiger partial charge in [0.1, 0.15) is 12.1 Å². The molecule has 0 N–H and O–H groups in total. The molecule has 2 fully saturated rings. The molecule has 0 atom stereocenters. The van der Waals surface area contributed by atoms with Crippen LogP contribution in [-0.2, 0) is 11.3 Å². The first kappa shape index (κ1) is 21.6. The molecule has 170 valence electrons. The van der Waals surface area contributed by atoms with Crippen molar-refractivity contribution < 1.29 is 4.79 Å². The molecule has 0 radical (unpaired) electrons. The standard InChI is InChI=1S/C27H31N5O/c33-27(32-17-15-30(16-18-32)20-22-7-3-1-4-8-22)24-11-13-31(14-12-24)26-19-25(28-21-29-26)23-9-5-2-6-10-23/h1-10,19,21,24H,11-18,20H2. The first-order chi connectivity index (χ1) is 16.3. The molecule has 1 amide bonds. The Bertz CT molecular complexity index is 1040. The van der Waals surface area contributed by atoms with Gasteiger partial charge >= 0.3 is 0 Å². The molecule has 33 heavy (non-hydrogen) atoms. The summed E-state index contributed by atoms with van der Waals surface area (Å²) in [5.41, 5.74) is 3.37. The van der Waals surface area contributed by atoms with Crippen molar-refractivity contribution in [3.8, 4) is 11.3 Å². The van der Waals surface area contributed by atoms with Crippen LogP contribution in [0.2, 0.25) is 0 Å². The van der Waals surface area contributed by atoms with Crippen LogP contribution in [0, 0.1) is 5.92 Å². The number of aromatic nitrogens is 2.